The molecule has 1 unspecified atom stereocenters. The highest BCUT2D eigenvalue weighted by Gasteiger charge is 2.29. The van der Waals surface area contributed by atoms with Crippen molar-refractivity contribution in [1.82, 2.24) is 5.32 Å². The van der Waals surface area contributed by atoms with Crippen molar-refractivity contribution in [2.24, 2.45) is 0 Å². The number of halogens is 1. The van der Waals surface area contributed by atoms with Crippen LogP contribution in [0.2, 0.25) is 0 Å². The summed E-state index contributed by atoms with van der Waals surface area (Å²) < 4.78 is 29.8. The quantitative estimate of drug-likeness (QED) is 0.135. The van der Waals surface area contributed by atoms with Gasteiger partial charge in [-0.15, -0.1) is 0 Å². The number of carbonyl (C=O) groups is 2. The largest absolute Gasteiger partial charge is 0.481 e. The third-order valence-corrected chi connectivity index (χ3v) is 9.99. The molecular weight excluding hydrogens is 699 g/mol. The Morgan fingerprint density at radius 1 is 0.756 bits per heavy atom. The van der Waals surface area contributed by atoms with Crippen molar-refractivity contribution in [3.05, 3.63) is 142 Å². The second-order valence-corrected chi connectivity index (χ2v) is 13.4. The number of rotatable bonds is 11. The van der Waals surface area contributed by atoms with E-state index in [0.717, 1.165) is 25.8 Å². The molecule has 2 N–H and O–H groups in total. The number of nitrogens with zero attached hydrogens (tertiary/aromatic N) is 1. The minimum absolute atomic E-state index is 0.0726. The molecule has 5 aromatic rings. The average Bonchev–Trinajstić information content (AvgIpc) is 3.06. The number of nitrogens with one attached hydrogen (secondary N) is 1. The summed E-state index contributed by atoms with van der Waals surface area (Å²) in [5.74, 6) is -1.65. The molecule has 0 aliphatic heterocycles. The fourth-order valence-corrected chi connectivity index (χ4v) is 7.14. The van der Waals surface area contributed by atoms with Gasteiger partial charge in [0.15, 0.2) is 0 Å². The molecule has 0 spiro atoms. The highest BCUT2D eigenvalue weighted by atomic mass is 127. The number of aliphatic carboxylic acids is 1. The molecule has 1 atom stereocenters. The Kier molecular flexibility index (Phi) is 9.99. The topological polar surface area (TPSA) is 104 Å². The number of carbonyl (C=O) groups excluding carboxylic acids is 1. The summed E-state index contributed by atoms with van der Waals surface area (Å²) in [6, 6.07) is 37.6. The molecule has 0 radical (unpaired) electrons. The average molecular weight is 731 g/mol. The molecule has 0 aliphatic rings. The summed E-state index contributed by atoms with van der Waals surface area (Å²) in [7, 11) is -4.05. The highest BCUT2D eigenvalue weighted by molar-refractivity contribution is 14.1. The van der Waals surface area contributed by atoms with Gasteiger partial charge in [-0.3, -0.25) is 13.9 Å². The van der Waals surface area contributed by atoms with Gasteiger partial charge in [0, 0.05) is 10.1 Å². The minimum atomic E-state index is -4.05. The maximum Gasteiger partial charge on any atom is 0.305 e. The van der Waals surface area contributed by atoms with Gasteiger partial charge in [0.25, 0.3) is 15.9 Å². The zero-order valence-electron chi connectivity index (χ0n) is 24.4. The van der Waals surface area contributed by atoms with Gasteiger partial charge in [-0.1, -0.05) is 97.1 Å². The lowest BCUT2D eigenvalue weighted by Gasteiger charge is -2.26. The summed E-state index contributed by atoms with van der Waals surface area (Å²) in [5.41, 5.74) is 4.78. The lowest BCUT2D eigenvalue weighted by atomic mass is 9.98. The molecular formula is C36H31IN2O5S. The number of benzene rings is 5. The fraction of sp³-hybridized carbons (Fsp3) is 0.111. The van der Waals surface area contributed by atoms with E-state index in [9.17, 15) is 23.1 Å². The molecule has 0 bridgehead atoms. The number of anilines is 1. The Labute approximate surface area is 276 Å². The minimum Gasteiger partial charge on any atom is -0.481 e. The third kappa shape index (κ3) is 7.43. The Morgan fingerprint density at radius 2 is 1.27 bits per heavy atom. The second-order valence-electron chi connectivity index (χ2n) is 10.3. The summed E-state index contributed by atoms with van der Waals surface area (Å²) >= 11 is 2.06. The predicted octanol–water partition coefficient (Wildman–Crippen LogP) is 7.79. The standard InChI is InChI=1S/C36H31IN2O5S/c1-2-39(45(43,44)31-20-17-28(18-21-31)26-11-7-4-8-12-26)34-22-19-30(37)23-32(34)36(42)38-33(24-35(40)41)29-15-13-27(14-16-29)25-9-5-3-6-10-25/h3-23,33H,2,24H2,1H3,(H,38,42)(H,40,41). The van der Waals surface area contributed by atoms with Crippen LogP contribution in [0, 0.1) is 3.57 Å². The summed E-state index contributed by atoms with van der Waals surface area (Å²) in [6.07, 6.45) is -0.348. The lowest BCUT2D eigenvalue weighted by molar-refractivity contribution is -0.137. The van der Waals surface area contributed by atoms with Crippen molar-refractivity contribution >= 4 is 50.2 Å². The van der Waals surface area contributed by atoms with Crippen LogP contribution in [-0.2, 0) is 14.8 Å². The first-order chi connectivity index (χ1) is 21.7. The summed E-state index contributed by atoms with van der Waals surface area (Å²) in [5, 5.41) is 12.5. The van der Waals surface area contributed by atoms with Crippen LogP contribution in [-0.4, -0.2) is 31.9 Å². The number of hydrogen-bond acceptors (Lipinski definition) is 4. The highest BCUT2D eigenvalue weighted by Crippen LogP contribution is 2.31. The molecule has 7 nitrogen and oxygen atoms in total. The molecule has 0 aliphatic carbocycles. The smallest absolute Gasteiger partial charge is 0.305 e. The van der Waals surface area contributed by atoms with Crippen molar-refractivity contribution in [3.63, 3.8) is 0 Å². The summed E-state index contributed by atoms with van der Waals surface area (Å²) in [6.45, 7) is 1.78. The van der Waals surface area contributed by atoms with E-state index in [1.54, 1.807) is 61.5 Å². The van der Waals surface area contributed by atoms with Gasteiger partial charge in [-0.05, 0) is 87.7 Å². The van der Waals surface area contributed by atoms with Crippen LogP contribution in [0.1, 0.15) is 35.3 Å². The van der Waals surface area contributed by atoms with Gasteiger partial charge in [-0.2, -0.15) is 0 Å². The van der Waals surface area contributed by atoms with E-state index in [-0.39, 0.29) is 29.1 Å². The third-order valence-electron chi connectivity index (χ3n) is 7.41. The Morgan fingerprint density at radius 3 is 1.78 bits per heavy atom. The number of hydrogen-bond donors (Lipinski definition) is 2. The number of sulfonamides is 1. The Hall–Kier alpha value is -4.48. The molecule has 228 valence electrons. The molecule has 0 saturated carbocycles. The van der Waals surface area contributed by atoms with Crippen LogP contribution in [0.4, 0.5) is 5.69 Å². The molecule has 1 amide bonds. The lowest BCUT2D eigenvalue weighted by Crippen LogP contribution is -2.35. The first kappa shape index (κ1) is 31.9. The van der Waals surface area contributed by atoms with Crippen LogP contribution in [0.3, 0.4) is 0 Å². The molecule has 0 heterocycles. The number of carboxylic acid groups (broad SMARTS) is 1. The normalized spacial score (nSPS) is 11.9. The van der Waals surface area contributed by atoms with Gasteiger partial charge in [0.2, 0.25) is 0 Å². The van der Waals surface area contributed by atoms with Crippen LogP contribution >= 0.6 is 22.6 Å². The zero-order valence-corrected chi connectivity index (χ0v) is 27.4. The second kappa shape index (κ2) is 14.1. The Bertz CT molecular complexity index is 1900. The summed E-state index contributed by atoms with van der Waals surface area (Å²) in [4.78, 5) is 25.7. The van der Waals surface area contributed by atoms with E-state index in [1.807, 2.05) is 72.8 Å². The maximum absolute atomic E-state index is 13.9. The predicted molar refractivity (Wildman–Crippen MR) is 186 cm³/mol. The van der Waals surface area contributed by atoms with E-state index in [0.29, 0.717) is 5.56 Å². The van der Waals surface area contributed by atoms with E-state index in [4.69, 9.17) is 0 Å². The molecule has 0 aromatic heterocycles. The van der Waals surface area contributed by atoms with Crippen molar-refractivity contribution in [3.8, 4) is 22.3 Å². The van der Waals surface area contributed by atoms with E-state index in [1.165, 1.54) is 4.31 Å². The van der Waals surface area contributed by atoms with Crippen LogP contribution in [0.5, 0.6) is 0 Å². The number of amides is 1. The van der Waals surface area contributed by atoms with Gasteiger partial charge >= 0.3 is 5.97 Å². The molecule has 45 heavy (non-hydrogen) atoms. The molecule has 0 fully saturated rings. The van der Waals surface area contributed by atoms with Gasteiger partial charge in [0.1, 0.15) is 0 Å². The van der Waals surface area contributed by atoms with Gasteiger partial charge in [0.05, 0.1) is 28.6 Å². The fourth-order valence-electron chi connectivity index (χ4n) is 5.16. The maximum atomic E-state index is 13.9. The SMILES string of the molecule is CCN(c1ccc(I)cc1C(=O)NC(CC(=O)O)c1ccc(-c2ccccc2)cc1)S(=O)(=O)c1ccc(-c2ccccc2)cc1. The first-order valence-electron chi connectivity index (χ1n) is 14.3. The first-order valence-corrected chi connectivity index (χ1v) is 16.8. The van der Waals surface area contributed by atoms with Gasteiger partial charge < -0.3 is 10.4 Å². The zero-order chi connectivity index (χ0) is 32.0. The Balaban J connectivity index is 1.44. The van der Waals surface area contributed by atoms with Crippen LogP contribution in [0.15, 0.2) is 132 Å². The van der Waals surface area contributed by atoms with Crippen molar-refractivity contribution in [1.29, 1.82) is 0 Å². The van der Waals surface area contributed by atoms with Crippen LogP contribution in [0.25, 0.3) is 22.3 Å². The van der Waals surface area contributed by atoms with E-state index in [2.05, 4.69) is 27.9 Å². The van der Waals surface area contributed by atoms with Crippen LogP contribution < -0.4 is 9.62 Å². The van der Waals surface area contributed by atoms with Crippen molar-refractivity contribution < 1.29 is 23.1 Å². The van der Waals surface area contributed by atoms with Crippen molar-refractivity contribution in [2.75, 3.05) is 10.8 Å². The number of carboxylic acids is 1. The monoisotopic (exact) mass is 730 g/mol. The molecule has 5 rings (SSSR count). The molecule has 5 aromatic carbocycles. The van der Waals surface area contributed by atoms with E-state index < -0.39 is 27.9 Å². The van der Waals surface area contributed by atoms with Gasteiger partial charge in [-0.25, -0.2) is 8.42 Å². The molecule has 0 saturated heterocycles. The van der Waals surface area contributed by atoms with Crippen molar-refractivity contribution in [2.45, 2.75) is 24.3 Å². The molecule has 9 heteroatoms. The van der Waals surface area contributed by atoms with E-state index >= 15 is 0 Å².